The third-order valence-corrected chi connectivity index (χ3v) is 10.9. The first-order valence-corrected chi connectivity index (χ1v) is 18.1. The largest absolute Gasteiger partial charge is 0.455 e. The minimum absolute atomic E-state index is 0.0233. The third kappa shape index (κ3) is 5.01. The van der Waals surface area contributed by atoms with E-state index in [2.05, 4.69) is 42.5 Å². The molecule has 0 saturated carbocycles. The molecule has 11 rings (SSSR count). The van der Waals surface area contributed by atoms with Crippen molar-refractivity contribution in [3.63, 3.8) is 0 Å². The molecule has 0 unspecified atom stereocenters. The highest BCUT2D eigenvalue weighted by atomic mass is 32.1. The number of rotatable bonds is 5. The van der Waals surface area contributed by atoms with Gasteiger partial charge in [0.25, 0.3) is 0 Å². The van der Waals surface area contributed by atoms with E-state index in [0.717, 1.165) is 26.8 Å². The Kier molecular flexibility index (Phi) is 5.22. The van der Waals surface area contributed by atoms with Gasteiger partial charge in [-0.1, -0.05) is 158 Å². The van der Waals surface area contributed by atoms with Crippen LogP contribution in [0.15, 0.2) is 180 Å². The number of hydrogen-bond acceptors (Lipinski definition) is 5. The molecule has 11 aromatic rings. The fraction of sp³-hybridized carbons (Fsp3) is 0. The van der Waals surface area contributed by atoms with Crippen molar-refractivity contribution in [1.29, 1.82) is 0 Å². The van der Waals surface area contributed by atoms with Crippen molar-refractivity contribution >= 4 is 64.2 Å². The van der Waals surface area contributed by atoms with Gasteiger partial charge in [-0.15, -0.1) is 11.3 Å². The topological polar surface area (TPSA) is 51.8 Å². The predicted octanol–water partition coefficient (Wildman–Crippen LogP) is 13.6. The lowest BCUT2D eigenvalue weighted by Crippen LogP contribution is -2.00. The van der Waals surface area contributed by atoms with E-state index in [1.807, 2.05) is 54.6 Å². The quantitative estimate of drug-likeness (QED) is 0.178. The Balaban J connectivity index is 1.09. The van der Waals surface area contributed by atoms with Gasteiger partial charge in [0.2, 0.25) is 0 Å². The first kappa shape index (κ1) is 22.9. The normalized spacial score (nSPS) is 14.0. The van der Waals surface area contributed by atoms with Gasteiger partial charge < -0.3 is 4.42 Å². The van der Waals surface area contributed by atoms with Crippen LogP contribution >= 0.6 is 11.3 Å². The molecule has 3 aromatic heterocycles. The molecule has 252 valence electrons. The second kappa shape index (κ2) is 12.3. The predicted molar refractivity (Wildman–Crippen MR) is 225 cm³/mol. The molecule has 0 spiro atoms. The average Bonchev–Trinajstić information content (AvgIpc) is 3.91. The van der Waals surface area contributed by atoms with Gasteiger partial charge in [0.15, 0.2) is 17.5 Å². The number of furan rings is 1. The van der Waals surface area contributed by atoms with Crippen molar-refractivity contribution in [3.05, 3.63) is 176 Å². The lowest BCUT2D eigenvalue weighted by atomic mass is 9.95. The third-order valence-electron chi connectivity index (χ3n) is 9.69. The summed E-state index contributed by atoms with van der Waals surface area (Å²) in [5.41, 5.74) is 4.83. The SMILES string of the molecule is [2H]c1c([2H])c([2H])c2c(oc3c4c([2H])c([2H])c([2H])c([2H])c4c(-c4ccc(-c5nc(-c6ccccc6)nc(-c6ccc7c(c6)sc6c(-c8ccccc8)cccc67)n5)cc4)c([2H])c32)c1[2H]. The maximum absolute atomic E-state index is 9.56. The molecule has 0 atom stereocenters. The Labute approximate surface area is 327 Å². The minimum atomic E-state index is -0.518. The number of nitrogens with zero attached hydrogens (tertiary/aromatic N) is 3. The van der Waals surface area contributed by atoms with Crippen molar-refractivity contribution in [3.8, 4) is 56.4 Å². The van der Waals surface area contributed by atoms with E-state index in [9.17, 15) is 1.37 Å². The molecular weight excluding hydrogens is 679 g/mol. The van der Waals surface area contributed by atoms with Crippen LogP contribution in [-0.4, -0.2) is 15.0 Å². The van der Waals surface area contributed by atoms with Crippen LogP contribution in [0.25, 0.3) is 109 Å². The first-order chi connectivity index (χ1) is 30.5. The van der Waals surface area contributed by atoms with E-state index in [1.165, 1.54) is 15.6 Å². The van der Waals surface area contributed by atoms with Crippen LogP contribution < -0.4 is 0 Å². The molecule has 0 aliphatic heterocycles. The molecule has 0 aliphatic rings. The van der Waals surface area contributed by atoms with E-state index in [4.69, 9.17) is 30.3 Å². The molecule has 0 aliphatic carbocycles. The number of para-hydroxylation sites is 1. The number of aromatic nitrogens is 3. The van der Waals surface area contributed by atoms with Crippen LogP contribution in [0.1, 0.15) is 12.3 Å². The van der Waals surface area contributed by atoms with Crippen LogP contribution in [-0.2, 0) is 0 Å². The summed E-state index contributed by atoms with van der Waals surface area (Å²) in [5.74, 6) is 1.33. The maximum atomic E-state index is 9.56. The molecule has 0 amide bonds. The van der Waals surface area contributed by atoms with Crippen LogP contribution in [0.5, 0.6) is 0 Å². The van der Waals surface area contributed by atoms with E-state index in [0.29, 0.717) is 28.6 Å². The summed E-state index contributed by atoms with van der Waals surface area (Å²) in [6.07, 6.45) is 0. The van der Waals surface area contributed by atoms with Gasteiger partial charge in [-0.05, 0) is 45.8 Å². The Bertz CT molecular complexity index is 3730. The minimum Gasteiger partial charge on any atom is -0.455 e. The summed E-state index contributed by atoms with van der Waals surface area (Å²) >= 11 is 1.73. The fourth-order valence-electron chi connectivity index (χ4n) is 7.11. The summed E-state index contributed by atoms with van der Waals surface area (Å²) in [6, 6.07) is 35.7. The van der Waals surface area contributed by atoms with Crippen LogP contribution in [0.2, 0.25) is 0 Å². The molecule has 0 fully saturated rings. The lowest BCUT2D eigenvalue weighted by molar-refractivity contribution is 0.672. The molecule has 8 aromatic carbocycles. The molecule has 3 heterocycles. The number of thiophene rings is 1. The molecular formula is C49H29N3OS. The zero-order valence-corrected chi connectivity index (χ0v) is 29.0. The van der Waals surface area contributed by atoms with Crippen molar-refractivity contribution in [2.45, 2.75) is 0 Å². The first-order valence-electron chi connectivity index (χ1n) is 21.8. The highest BCUT2D eigenvalue weighted by Gasteiger charge is 2.17. The van der Waals surface area contributed by atoms with Crippen LogP contribution in [0.4, 0.5) is 0 Å². The van der Waals surface area contributed by atoms with Gasteiger partial charge in [0, 0.05) is 53.0 Å². The summed E-state index contributed by atoms with van der Waals surface area (Å²) in [7, 11) is 0. The molecule has 5 heteroatoms. The highest BCUT2D eigenvalue weighted by molar-refractivity contribution is 7.26. The summed E-state index contributed by atoms with van der Waals surface area (Å²) in [6.45, 7) is 0. The Morgan fingerprint density at radius 1 is 0.444 bits per heavy atom. The molecule has 54 heavy (non-hydrogen) atoms. The van der Waals surface area contributed by atoms with Crippen LogP contribution in [0, 0.1) is 0 Å². The highest BCUT2D eigenvalue weighted by Crippen LogP contribution is 2.42. The molecule has 0 N–H and O–H groups in total. The Morgan fingerprint density at radius 3 is 1.80 bits per heavy atom. The zero-order chi connectivity index (χ0) is 43.4. The molecule has 0 saturated heterocycles. The van der Waals surface area contributed by atoms with Gasteiger partial charge in [-0.3, -0.25) is 0 Å². The zero-order valence-electron chi connectivity index (χ0n) is 37.2. The second-order valence-electron chi connectivity index (χ2n) is 12.9. The summed E-state index contributed by atoms with van der Waals surface area (Å²) in [5, 5.41) is 2.30. The van der Waals surface area contributed by atoms with E-state index in [-0.39, 0.29) is 50.4 Å². The van der Waals surface area contributed by atoms with E-state index >= 15 is 0 Å². The van der Waals surface area contributed by atoms with Crippen LogP contribution in [0.3, 0.4) is 0 Å². The number of fused-ring (bicyclic) bond motifs is 8. The maximum Gasteiger partial charge on any atom is 0.164 e. The monoisotopic (exact) mass is 716 g/mol. The second-order valence-corrected chi connectivity index (χ2v) is 13.9. The smallest absolute Gasteiger partial charge is 0.164 e. The van der Waals surface area contributed by atoms with Gasteiger partial charge >= 0.3 is 0 Å². The lowest BCUT2D eigenvalue weighted by Gasteiger charge is -2.11. The van der Waals surface area contributed by atoms with Gasteiger partial charge in [-0.2, -0.15) is 0 Å². The van der Waals surface area contributed by atoms with Crippen molar-refractivity contribution in [2.24, 2.45) is 0 Å². The van der Waals surface area contributed by atoms with Crippen molar-refractivity contribution in [2.75, 3.05) is 0 Å². The van der Waals surface area contributed by atoms with Gasteiger partial charge in [0.05, 0.1) is 12.3 Å². The molecule has 0 radical (unpaired) electrons. The summed E-state index contributed by atoms with van der Waals surface area (Å²) in [4.78, 5) is 14.9. The van der Waals surface area contributed by atoms with Gasteiger partial charge in [0.1, 0.15) is 11.2 Å². The van der Waals surface area contributed by atoms with Crippen molar-refractivity contribution in [1.82, 2.24) is 15.0 Å². The van der Waals surface area contributed by atoms with Gasteiger partial charge in [-0.25, -0.2) is 15.0 Å². The Hall–Kier alpha value is -6.95. The Morgan fingerprint density at radius 2 is 1.04 bits per heavy atom. The standard InChI is InChI=1S/C49H29N3OS/c1-3-12-30(13-4-1)35-19-11-20-40-38-27-26-34(28-44(38)54-46(35)40)49-51-47(32-14-5-2-6-15-32)50-48(52-49)33-24-22-31(23-25-33)41-29-42-37-17-9-10-21-43(37)53-45(42)39-18-8-7-16-36(39)41/h1-29H/i7D,8D,9D,10D,16D,17D,18D,21D,29D. The average molecular weight is 717 g/mol. The molecule has 0 bridgehead atoms. The summed E-state index contributed by atoms with van der Waals surface area (Å²) < 4.78 is 86.9. The number of benzene rings is 8. The molecule has 4 nitrogen and oxygen atoms in total. The fourth-order valence-corrected chi connectivity index (χ4v) is 8.39. The van der Waals surface area contributed by atoms with Crippen molar-refractivity contribution < 1.29 is 16.8 Å². The number of hydrogen-bond donors (Lipinski definition) is 0. The van der Waals surface area contributed by atoms with E-state index < -0.39 is 42.3 Å². The van der Waals surface area contributed by atoms with E-state index in [1.54, 1.807) is 35.6 Å².